The van der Waals surface area contributed by atoms with Gasteiger partial charge in [0.25, 0.3) is 0 Å². The second-order valence-corrected chi connectivity index (χ2v) is 5.73. The first-order valence-electron chi connectivity index (χ1n) is 5.75. The number of carbonyl (C=O) groups is 2. The molecule has 0 radical (unpaired) electrons. The minimum atomic E-state index is -3.71. The predicted octanol–water partition coefficient (Wildman–Crippen LogP) is -0.661. The molecule has 0 aliphatic carbocycles. The maximum absolute atomic E-state index is 11.8. The molecular formula is C11H15N3O5S. The molecule has 8 nitrogen and oxygen atoms in total. The summed E-state index contributed by atoms with van der Waals surface area (Å²) in [5.74, 6) is -1.71. The fourth-order valence-electron chi connectivity index (χ4n) is 1.26. The quantitative estimate of drug-likeness (QED) is 0.614. The molecule has 0 aliphatic rings. The first-order valence-corrected chi connectivity index (χ1v) is 7.23. The Balaban J connectivity index is 2.45. The Labute approximate surface area is 116 Å². The highest BCUT2D eigenvalue weighted by atomic mass is 32.2. The lowest BCUT2D eigenvalue weighted by molar-refractivity contribution is -0.141. The number of sulfonamides is 1. The van der Waals surface area contributed by atoms with Gasteiger partial charge in [0.05, 0.1) is 0 Å². The van der Waals surface area contributed by atoms with Crippen molar-refractivity contribution < 1.29 is 23.1 Å². The molecule has 0 aliphatic heterocycles. The normalized spacial score (nSPS) is 12.7. The van der Waals surface area contributed by atoms with E-state index in [4.69, 9.17) is 5.11 Å². The summed E-state index contributed by atoms with van der Waals surface area (Å²) >= 11 is 0. The number of hydrogen-bond acceptors (Lipinski definition) is 5. The number of carbonyl (C=O) groups excluding carboxylic acids is 1. The summed E-state index contributed by atoms with van der Waals surface area (Å²) in [6.07, 6.45) is 2.48. The van der Waals surface area contributed by atoms with Gasteiger partial charge in [-0.05, 0) is 19.1 Å². The second-order valence-electron chi connectivity index (χ2n) is 3.96. The van der Waals surface area contributed by atoms with Gasteiger partial charge >= 0.3 is 5.97 Å². The van der Waals surface area contributed by atoms with Gasteiger partial charge < -0.3 is 10.4 Å². The molecule has 1 atom stereocenters. The van der Waals surface area contributed by atoms with Crippen LogP contribution in [0, 0.1) is 0 Å². The molecule has 1 aromatic heterocycles. The van der Waals surface area contributed by atoms with Crippen molar-refractivity contribution in [3.05, 3.63) is 24.5 Å². The van der Waals surface area contributed by atoms with Crippen LogP contribution in [0.4, 0.5) is 0 Å². The Hall–Kier alpha value is -2.00. The van der Waals surface area contributed by atoms with Crippen molar-refractivity contribution in [1.82, 2.24) is 15.0 Å². The Morgan fingerprint density at radius 2 is 2.15 bits per heavy atom. The van der Waals surface area contributed by atoms with Crippen molar-refractivity contribution in [3.8, 4) is 0 Å². The summed E-state index contributed by atoms with van der Waals surface area (Å²) in [6, 6.07) is 1.84. The highest BCUT2D eigenvalue weighted by Crippen LogP contribution is 2.04. The third kappa shape index (κ3) is 4.94. The van der Waals surface area contributed by atoms with Crippen molar-refractivity contribution >= 4 is 21.9 Å². The highest BCUT2D eigenvalue weighted by molar-refractivity contribution is 7.89. The molecule has 9 heteroatoms. The summed E-state index contributed by atoms with van der Waals surface area (Å²) in [4.78, 5) is 25.6. The van der Waals surface area contributed by atoms with E-state index in [0.717, 1.165) is 0 Å². The molecule has 3 N–H and O–H groups in total. The standard InChI is InChI=1S/C11H15N3O5S/c1-8(11(16)17)14-10(15)4-6-13-20(18,19)9-3-2-5-12-7-9/h2-3,5,7-8,13H,4,6H2,1H3,(H,14,15)(H,16,17)/t8-/m0/s1. The summed E-state index contributed by atoms with van der Waals surface area (Å²) in [7, 11) is -3.71. The SMILES string of the molecule is C[C@H](NC(=O)CCNS(=O)(=O)c1cccnc1)C(=O)O. The molecule has 0 saturated carbocycles. The van der Waals surface area contributed by atoms with Crippen molar-refractivity contribution in [2.24, 2.45) is 0 Å². The van der Waals surface area contributed by atoms with Crippen molar-refractivity contribution in [2.75, 3.05) is 6.54 Å². The Morgan fingerprint density at radius 3 is 2.70 bits per heavy atom. The van der Waals surface area contributed by atoms with E-state index < -0.39 is 27.9 Å². The minimum Gasteiger partial charge on any atom is -0.480 e. The number of amides is 1. The molecule has 0 saturated heterocycles. The third-order valence-corrected chi connectivity index (χ3v) is 3.78. The van der Waals surface area contributed by atoms with Crippen LogP contribution >= 0.6 is 0 Å². The zero-order chi connectivity index (χ0) is 15.2. The number of nitrogens with one attached hydrogen (secondary N) is 2. The molecule has 1 rings (SSSR count). The van der Waals surface area contributed by atoms with Crippen LogP contribution in [0.1, 0.15) is 13.3 Å². The fourth-order valence-corrected chi connectivity index (χ4v) is 2.26. The van der Waals surface area contributed by atoms with Crippen LogP contribution in [0.15, 0.2) is 29.4 Å². The number of carboxylic acid groups (broad SMARTS) is 1. The van der Waals surface area contributed by atoms with Gasteiger partial charge in [0.15, 0.2) is 0 Å². The third-order valence-electron chi connectivity index (χ3n) is 2.34. The van der Waals surface area contributed by atoms with E-state index in [0.29, 0.717) is 0 Å². The maximum Gasteiger partial charge on any atom is 0.325 e. The maximum atomic E-state index is 11.8. The molecule has 0 aromatic carbocycles. The van der Waals surface area contributed by atoms with E-state index in [9.17, 15) is 18.0 Å². The molecule has 0 spiro atoms. The van der Waals surface area contributed by atoms with Gasteiger partial charge in [0.2, 0.25) is 15.9 Å². The van der Waals surface area contributed by atoms with E-state index in [1.165, 1.54) is 31.5 Å². The zero-order valence-electron chi connectivity index (χ0n) is 10.7. The number of aromatic nitrogens is 1. The summed E-state index contributed by atoms with van der Waals surface area (Å²) in [6.45, 7) is 1.19. The number of hydrogen-bond donors (Lipinski definition) is 3. The van der Waals surface area contributed by atoms with Crippen molar-refractivity contribution in [1.29, 1.82) is 0 Å². The second kappa shape index (κ2) is 6.96. The van der Waals surface area contributed by atoms with E-state index in [2.05, 4.69) is 15.0 Å². The lowest BCUT2D eigenvalue weighted by atomic mass is 10.3. The average molecular weight is 301 g/mol. The summed E-state index contributed by atoms with van der Waals surface area (Å²) in [5, 5.41) is 10.8. The van der Waals surface area contributed by atoms with Crippen molar-refractivity contribution in [3.63, 3.8) is 0 Å². The molecule has 1 aromatic rings. The molecule has 1 heterocycles. The van der Waals surface area contributed by atoms with E-state index in [-0.39, 0.29) is 17.9 Å². The monoisotopic (exact) mass is 301 g/mol. The van der Waals surface area contributed by atoms with Crippen molar-refractivity contribution in [2.45, 2.75) is 24.3 Å². The molecule has 1 amide bonds. The number of rotatable bonds is 7. The highest BCUT2D eigenvalue weighted by Gasteiger charge is 2.16. The van der Waals surface area contributed by atoms with Crippen LogP contribution in [-0.4, -0.2) is 43.0 Å². The smallest absolute Gasteiger partial charge is 0.325 e. The van der Waals surface area contributed by atoms with E-state index in [1.807, 2.05) is 0 Å². The first-order chi connectivity index (χ1) is 9.33. The van der Waals surface area contributed by atoms with Gasteiger partial charge in [-0.3, -0.25) is 14.6 Å². The Bertz CT molecular complexity index is 573. The minimum absolute atomic E-state index is 0.000637. The van der Waals surface area contributed by atoms with Crippen LogP contribution < -0.4 is 10.0 Å². The Kier molecular flexibility index (Phi) is 5.59. The van der Waals surface area contributed by atoms with Gasteiger partial charge in [-0.2, -0.15) is 0 Å². The molecule has 110 valence electrons. The fraction of sp³-hybridized carbons (Fsp3) is 0.364. The molecule has 0 bridgehead atoms. The van der Waals surface area contributed by atoms with E-state index in [1.54, 1.807) is 0 Å². The lowest BCUT2D eigenvalue weighted by Crippen LogP contribution is -2.39. The van der Waals surface area contributed by atoms with Crippen LogP contribution in [-0.2, 0) is 19.6 Å². The molecule has 20 heavy (non-hydrogen) atoms. The van der Waals surface area contributed by atoms with Crippen LogP contribution in [0.5, 0.6) is 0 Å². The number of nitrogens with zero attached hydrogens (tertiary/aromatic N) is 1. The van der Waals surface area contributed by atoms with Gasteiger partial charge in [-0.25, -0.2) is 13.1 Å². The van der Waals surface area contributed by atoms with Gasteiger partial charge in [-0.1, -0.05) is 0 Å². The number of pyridine rings is 1. The number of aliphatic carboxylic acids is 1. The summed E-state index contributed by atoms with van der Waals surface area (Å²) < 4.78 is 25.8. The molecule has 0 unspecified atom stereocenters. The van der Waals surface area contributed by atoms with Crippen LogP contribution in [0.3, 0.4) is 0 Å². The Morgan fingerprint density at radius 1 is 1.45 bits per heavy atom. The number of carboxylic acids is 1. The average Bonchev–Trinajstić information content (AvgIpc) is 2.39. The van der Waals surface area contributed by atoms with Gasteiger partial charge in [0, 0.05) is 25.4 Å². The van der Waals surface area contributed by atoms with E-state index >= 15 is 0 Å². The largest absolute Gasteiger partial charge is 0.480 e. The van der Waals surface area contributed by atoms with Gasteiger partial charge in [-0.15, -0.1) is 0 Å². The topological polar surface area (TPSA) is 125 Å². The summed E-state index contributed by atoms with van der Waals surface area (Å²) in [5.41, 5.74) is 0. The molecule has 0 fully saturated rings. The zero-order valence-corrected chi connectivity index (χ0v) is 11.6. The first kappa shape index (κ1) is 16.1. The van der Waals surface area contributed by atoms with Crippen LogP contribution in [0.25, 0.3) is 0 Å². The van der Waals surface area contributed by atoms with Gasteiger partial charge in [0.1, 0.15) is 10.9 Å². The lowest BCUT2D eigenvalue weighted by Gasteiger charge is -2.09. The van der Waals surface area contributed by atoms with Crippen LogP contribution in [0.2, 0.25) is 0 Å². The predicted molar refractivity (Wildman–Crippen MR) is 69.3 cm³/mol. The molecular weight excluding hydrogens is 286 g/mol.